The summed E-state index contributed by atoms with van der Waals surface area (Å²) in [6.45, 7) is 1.85. The standard InChI is InChI=1S/C18H17ClN2O4/c1-11-5-6-13(19)10-15(11)21-18(25)12-3-2-4-14(9-12)20-16(22)7-8-17(23)24/h2-6,9-10H,7-8H2,1H3,(H,20,22)(H,21,25)(H,23,24)/p-1. The molecule has 0 bridgehead atoms. The van der Waals surface area contributed by atoms with E-state index in [2.05, 4.69) is 10.6 Å². The smallest absolute Gasteiger partial charge is 0.255 e. The predicted molar refractivity (Wildman–Crippen MR) is 93.5 cm³/mol. The van der Waals surface area contributed by atoms with E-state index in [0.29, 0.717) is 22.0 Å². The number of carboxylic acids is 1. The van der Waals surface area contributed by atoms with Crippen molar-refractivity contribution < 1.29 is 19.5 Å². The zero-order valence-electron chi connectivity index (χ0n) is 13.5. The summed E-state index contributed by atoms with van der Waals surface area (Å²) in [5, 5.41) is 16.2. The zero-order chi connectivity index (χ0) is 18.4. The van der Waals surface area contributed by atoms with E-state index in [1.165, 1.54) is 6.07 Å². The predicted octanol–water partition coefficient (Wildman–Crippen LogP) is 2.37. The van der Waals surface area contributed by atoms with Crippen molar-refractivity contribution in [1.29, 1.82) is 0 Å². The second kappa shape index (κ2) is 8.30. The minimum atomic E-state index is -1.29. The highest BCUT2D eigenvalue weighted by atomic mass is 35.5. The highest BCUT2D eigenvalue weighted by molar-refractivity contribution is 6.31. The molecule has 2 rings (SSSR count). The monoisotopic (exact) mass is 359 g/mol. The molecule has 0 atom stereocenters. The number of amides is 2. The number of nitrogens with one attached hydrogen (secondary N) is 2. The van der Waals surface area contributed by atoms with E-state index >= 15 is 0 Å². The second-order valence-corrected chi connectivity index (χ2v) is 5.85. The first-order valence-electron chi connectivity index (χ1n) is 7.52. The summed E-state index contributed by atoms with van der Waals surface area (Å²) in [5.41, 5.74) is 2.21. The number of carbonyl (C=O) groups excluding carboxylic acids is 3. The molecular weight excluding hydrogens is 344 g/mol. The number of carboxylic acid groups (broad SMARTS) is 1. The van der Waals surface area contributed by atoms with Gasteiger partial charge in [0.15, 0.2) is 0 Å². The number of aliphatic carboxylic acids is 1. The minimum absolute atomic E-state index is 0.194. The summed E-state index contributed by atoms with van der Waals surface area (Å²) in [4.78, 5) is 34.4. The molecule has 0 aliphatic heterocycles. The molecule has 25 heavy (non-hydrogen) atoms. The van der Waals surface area contributed by atoms with Crippen LogP contribution in [-0.4, -0.2) is 17.8 Å². The van der Waals surface area contributed by atoms with Crippen molar-refractivity contribution >= 4 is 40.8 Å². The van der Waals surface area contributed by atoms with Gasteiger partial charge in [0.25, 0.3) is 5.91 Å². The van der Waals surface area contributed by atoms with Crippen LogP contribution in [0.4, 0.5) is 11.4 Å². The summed E-state index contributed by atoms with van der Waals surface area (Å²) in [6.07, 6.45) is -0.555. The summed E-state index contributed by atoms with van der Waals surface area (Å²) < 4.78 is 0. The van der Waals surface area contributed by atoms with Crippen LogP contribution in [0.5, 0.6) is 0 Å². The molecule has 0 aliphatic carbocycles. The van der Waals surface area contributed by atoms with Crippen LogP contribution >= 0.6 is 11.6 Å². The minimum Gasteiger partial charge on any atom is -0.550 e. The van der Waals surface area contributed by atoms with Crippen molar-refractivity contribution in [3.8, 4) is 0 Å². The number of hydrogen-bond acceptors (Lipinski definition) is 4. The first-order valence-corrected chi connectivity index (χ1v) is 7.90. The molecule has 7 heteroatoms. The molecule has 0 radical (unpaired) electrons. The molecular formula is C18H16ClN2O4-. The third-order valence-electron chi connectivity index (χ3n) is 3.41. The summed E-state index contributed by atoms with van der Waals surface area (Å²) in [6, 6.07) is 11.5. The van der Waals surface area contributed by atoms with Gasteiger partial charge < -0.3 is 20.5 Å². The highest BCUT2D eigenvalue weighted by Gasteiger charge is 2.10. The Morgan fingerprint density at radius 3 is 2.52 bits per heavy atom. The van der Waals surface area contributed by atoms with Crippen molar-refractivity contribution in [1.82, 2.24) is 0 Å². The van der Waals surface area contributed by atoms with Gasteiger partial charge in [-0.15, -0.1) is 0 Å². The second-order valence-electron chi connectivity index (χ2n) is 5.41. The summed E-state index contributed by atoms with van der Waals surface area (Å²) in [5.74, 6) is -2.11. The maximum absolute atomic E-state index is 12.4. The van der Waals surface area contributed by atoms with Crippen LogP contribution < -0.4 is 15.7 Å². The van der Waals surface area contributed by atoms with Crippen LogP contribution in [0, 0.1) is 6.92 Å². The Morgan fingerprint density at radius 1 is 1.04 bits per heavy atom. The first-order chi connectivity index (χ1) is 11.8. The van der Waals surface area contributed by atoms with Crippen molar-refractivity contribution in [3.05, 3.63) is 58.6 Å². The SMILES string of the molecule is Cc1ccc(Cl)cc1NC(=O)c1cccc(NC(=O)CCC(=O)[O-])c1. The molecule has 0 spiro atoms. The highest BCUT2D eigenvalue weighted by Crippen LogP contribution is 2.21. The van der Waals surface area contributed by atoms with Crippen molar-refractivity contribution in [2.75, 3.05) is 10.6 Å². The number of anilines is 2. The third-order valence-corrected chi connectivity index (χ3v) is 3.65. The maximum atomic E-state index is 12.4. The average molecular weight is 360 g/mol. The molecule has 2 aromatic rings. The van der Waals surface area contributed by atoms with Crippen LogP contribution in [0.25, 0.3) is 0 Å². The van der Waals surface area contributed by atoms with E-state index in [-0.39, 0.29) is 18.7 Å². The first kappa shape index (κ1) is 18.5. The molecule has 0 saturated carbocycles. The molecule has 0 saturated heterocycles. The molecule has 0 heterocycles. The van der Waals surface area contributed by atoms with E-state index < -0.39 is 11.9 Å². The third kappa shape index (κ3) is 5.61. The Kier molecular flexibility index (Phi) is 6.14. The van der Waals surface area contributed by atoms with E-state index in [4.69, 9.17) is 11.6 Å². The lowest BCUT2D eigenvalue weighted by atomic mass is 10.1. The normalized spacial score (nSPS) is 10.2. The summed E-state index contributed by atoms with van der Waals surface area (Å²) in [7, 11) is 0. The lowest BCUT2D eigenvalue weighted by Gasteiger charge is -2.10. The number of carbonyl (C=O) groups is 3. The molecule has 0 unspecified atom stereocenters. The fraction of sp³-hybridized carbons (Fsp3) is 0.167. The van der Waals surface area contributed by atoms with E-state index in [9.17, 15) is 19.5 Å². The largest absolute Gasteiger partial charge is 0.550 e. The van der Waals surface area contributed by atoms with Gasteiger partial charge in [-0.1, -0.05) is 23.7 Å². The average Bonchev–Trinajstić information content (AvgIpc) is 2.56. The fourth-order valence-corrected chi connectivity index (χ4v) is 2.27. The van der Waals surface area contributed by atoms with Gasteiger partial charge in [0.05, 0.1) is 0 Å². The molecule has 2 N–H and O–H groups in total. The number of benzene rings is 2. The molecule has 0 aromatic heterocycles. The number of aryl methyl sites for hydroxylation is 1. The number of rotatable bonds is 6. The molecule has 0 fully saturated rings. The van der Waals surface area contributed by atoms with Gasteiger partial charge in [0.1, 0.15) is 0 Å². The lowest BCUT2D eigenvalue weighted by molar-refractivity contribution is -0.305. The van der Waals surface area contributed by atoms with Crippen LogP contribution in [-0.2, 0) is 9.59 Å². The molecule has 2 aromatic carbocycles. The zero-order valence-corrected chi connectivity index (χ0v) is 14.2. The van der Waals surface area contributed by atoms with Crippen molar-refractivity contribution in [2.24, 2.45) is 0 Å². The van der Waals surface area contributed by atoms with Gasteiger partial charge in [-0.3, -0.25) is 9.59 Å². The van der Waals surface area contributed by atoms with Crippen LogP contribution in [0.15, 0.2) is 42.5 Å². The Balaban J connectivity index is 2.07. The van der Waals surface area contributed by atoms with Crippen LogP contribution in [0.1, 0.15) is 28.8 Å². The van der Waals surface area contributed by atoms with Crippen LogP contribution in [0.3, 0.4) is 0 Å². The molecule has 2 amide bonds. The Bertz CT molecular complexity index is 820. The van der Waals surface area contributed by atoms with Gasteiger partial charge in [0.2, 0.25) is 5.91 Å². The molecule has 6 nitrogen and oxygen atoms in total. The van der Waals surface area contributed by atoms with Gasteiger partial charge in [-0.05, 0) is 49.2 Å². The van der Waals surface area contributed by atoms with Gasteiger partial charge in [0, 0.05) is 34.4 Å². The van der Waals surface area contributed by atoms with E-state index in [0.717, 1.165) is 5.56 Å². The summed E-state index contributed by atoms with van der Waals surface area (Å²) >= 11 is 5.94. The van der Waals surface area contributed by atoms with E-state index in [1.54, 1.807) is 36.4 Å². The molecule has 0 aliphatic rings. The van der Waals surface area contributed by atoms with Crippen molar-refractivity contribution in [3.63, 3.8) is 0 Å². The quantitative estimate of drug-likeness (QED) is 0.827. The fourth-order valence-electron chi connectivity index (χ4n) is 2.10. The van der Waals surface area contributed by atoms with E-state index in [1.807, 2.05) is 6.92 Å². The Hall–Kier alpha value is -2.86. The molecule has 130 valence electrons. The van der Waals surface area contributed by atoms with Gasteiger partial charge in [-0.2, -0.15) is 0 Å². The van der Waals surface area contributed by atoms with Gasteiger partial charge >= 0.3 is 0 Å². The van der Waals surface area contributed by atoms with Gasteiger partial charge in [-0.25, -0.2) is 0 Å². The number of hydrogen-bond donors (Lipinski definition) is 2. The topological polar surface area (TPSA) is 98.3 Å². The Morgan fingerprint density at radius 2 is 1.80 bits per heavy atom. The Labute approximate surface area is 149 Å². The maximum Gasteiger partial charge on any atom is 0.255 e. The van der Waals surface area contributed by atoms with Crippen molar-refractivity contribution in [2.45, 2.75) is 19.8 Å². The van der Waals surface area contributed by atoms with Crippen LogP contribution in [0.2, 0.25) is 5.02 Å². The lowest BCUT2D eigenvalue weighted by Crippen LogP contribution is -2.24. The number of halogens is 1.